The molecule has 1 amide bonds. The fraction of sp³-hybridized carbons (Fsp3) is 0.607. The summed E-state index contributed by atoms with van der Waals surface area (Å²) in [7, 11) is -11.0. The monoisotopic (exact) mass is 825 g/mol. The van der Waals surface area contributed by atoms with Crippen molar-refractivity contribution in [1.29, 1.82) is 0 Å². The number of pyridine rings is 1. The Kier molecular flexibility index (Phi) is 15.1. The van der Waals surface area contributed by atoms with Gasteiger partial charge in [0.2, 0.25) is 0 Å². The number of hydrogen-bond donors (Lipinski definition) is 9. The fourth-order valence-electron chi connectivity index (χ4n) is 6.19. The molecule has 10 unspecified atom stereocenters. The molecule has 25 nitrogen and oxygen atoms in total. The first kappa shape index (κ1) is 43.0. The molecule has 2 aliphatic heterocycles. The predicted octanol–water partition coefficient (Wildman–Crippen LogP) is -2.40. The summed E-state index contributed by atoms with van der Waals surface area (Å²) in [6.07, 6.45) is 0.169. The molecule has 2 aliphatic rings. The van der Waals surface area contributed by atoms with E-state index in [1.807, 2.05) is 0 Å². The molecule has 10 atom stereocenters. The van der Waals surface area contributed by atoms with Gasteiger partial charge in [0.25, 0.3) is 12.1 Å². The lowest BCUT2D eigenvalue weighted by molar-refractivity contribution is -0.767. The second kappa shape index (κ2) is 19.3. The Balaban J connectivity index is 1.22. The van der Waals surface area contributed by atoms with Crippen molar-refractivity contribution < 1.29 is 85.9 Å². The zero-order valence-electron chi connectivity index (χ0n) is 28.9. The van der Waals surface area contributed by atoms with Crippen molar-refractivity contribution >= 4 is 38.5 Å². The summed E-state index contributed by atoms with van der Waals surface area (Å²) in [4.78, 5) is 55.0. The highest BCUT2D eigenvalue weighted by atomic mass is 31.3. The van der Waals surface area contributed by atoms with E-state index in [-0.39, 0.29) is 49.0 Å². The number of carbonyl (C=O) groups excluding carboxylic acids is 1. The molecule has 3 aromatic heterocycles. The van der Waals surface area contributed by atoms with E-state index in [0.717, 1.165) is 0 Å². The number of imidazole rings is 1. The first-order valence-corrected chi connectivity index (χ1v) is 19.6. The molecule has 5 rings (SSSR count). The molecule has 3 aromatic rings. The van der Waals surface area contributed by atoms with Crippen molar-refractivity contribution in [2.24, 2.45) is 35.3 Å². The Labute approximate surface area is 311 Å². The molecule has 2 fully saturated rings. The van der Waals surface area contributed by atoms with Crippen molar-refractivity contribution in [3.63, 3.8) is 0 Å². The highest BCUT2D eigenvalue weighted by Gasteiger charge is 2.53. The summed E-state index contributed by atoms with van der Waals surface area (Å²) in [5.74, 6) is 0.524. The van der Waals surface area contributed by atoms with Gasteiger partial charge in [-0.25, -0.2) is 35.5 Å². The molecule has 5 heterocycles. The van der Waals surface area contributed by atoms with Crippen molar-refractivity contribution in [2.45, 2.75) is 24.8 Å². The summed E-state index contributed by atoms with van der Waals surface area (Å²) < 4.78 is 60.2. The molecular formula is C28H43N8O17P2+. The number of ether oxygens (including phenoxy) is 3. The molecule has 55 heavy (non-hydrogen) atoms. The Morgan fingerprint density at radius 1 is 0.945 bits per heavy atom. The van der Waals surface area contributed by atoms with Crippen LogP contribution in [0.1, 0.15) is 22.8 Å². The smallest absolute Gasteiger partial charge is 0.396 e. The maximum Gasteiger partial charge on any atom is 0.483 e. The van der Waals surface area contributed by atoms with Crippen LogP contribution >= 0.6 is 15.6 Å². The number of amides is 1. The van der Waals surface area contributed by atoms with E-state index in [1.165, 1.54) is 46.3 Å². The summed E-state index contributed by atoms with van der Waals surface area (Å²) in [6, 6.07) is 2.87. The van der Waals surface area contributed by atoms with Crippen LogP contribution in [0, 0.1) is 23.7 Å². The van der Waals surface area contributed by atoms with Crippen molar-refractivity contribution in [2.75, 3.05) is 64.9 Å². The van der Waals surface area contributed by atoms with E-state index in [0.29, 0.717) is 0 Å². The molecule has 0 aromatic carbocycles. The summed E-state index contributed by atoms with van der Waals surface area (Å²) >= 11 is 0. The number of aliphatic hydroxyl groups is 4. The van der Waals surface area contributed by atoms with E-state index in [9.17, 15) is 44.1 Å². The highest BCUT2D eigenvalue weighted by molar-refractivity contribution is 7.61. The van der Waals surface area contributed by atoms with Crippen LogP contribution in [0.4, 0.5) is 5.82 Å². The summed E-state index contributed by atoms with van der Waals surface area (Å²) in [5.41, 5.74) is 8.54. The van der Waals surface area contributed by atoms with Gasteiger partial charge in [0, 0.05) is 30.4 Å². The van der Waals surface area contributed by atoms with Gasteiger partial charge in [-0.05, 0) is 6.07 Å². The highest BCUT2D eigenvalue weighted by Crippen LogP contribution is 2.62. The number of aliphatic hydroxyl groups excluding tert-OH is 4. The van der Waals surface area contributed by atoms with Crippen LogP contribution in [0.15, 0.2) is 37.2 Å². The van der Waals surface area contributed by atoms with E-state index < -0.39 is 103 Å². The van der Waals surface area contributed by atoms with Crippen molar-refractivity contribution in [3.8, 4) is 0 Å². The number of aromatic nitrogens is 5. The Morgan fingerprint density at radius 2 is 1.67 bits per heavy atom. The van der Waals surface area contributed by atoms with Gasteiger partial charge in [-0.3, -0.25) is 28.0 Å². The largest absolute Gasteiger partial charge is 0.483 e. The minimum absolute atomic E-state index is 0.0713. The third kappa shape index (κ3) is 10.4. The molecule has 0 radical (unpaired) electrons. The van der Waals surface area contributed by atoms with Gasteiger partial charge >= 0.3 is 15.6 Å². The molecule has 306 valence electrons. The van der Waals surface area contributed by atoms with Crippen LogP contribution in [0.25, 0.3) is 11.2 Å². The molecule has 0 spiro atoms. The number of hydrogen-bond acceptors (Lipinski definition) is 20. The number of primary amides is 1. The lowest BCUT2D eigenvalue weighted by atomic mass is 9.91. The number of nitrogens with two attached hydrogens (primary N) is 2. The SMILES string of the molecule is NOCCOCCONc1ncnc2c1ncn2C1OC(COP(=O)(O)OP(=O)(O)OC2OC([n+]3cccc(C(N)=O)c3)C(CO)C2CO)C(CO)C1CO. The second-order valence-electron chi connectivity index (χ2n) is 12.1. The molecule has 0 aliphatic carbocycles. The maximum absolute atomic E-state index is 13.0. The normalized spacial score (nSPS) is 27.6. The number of anilines is 1. The van der Waals surface area contributed by atoms with Crippen LogP contribution in [-0.2, 0) is 46.4 Å². The maximum atomic E-state index is 13.0. The van der Waals surface area contributed by atoms with Gasteiger partial charge in [-0.15, -0.1) is 0 Å². The topological polar surface area (TPSA) is 358 Å². The Bertz CT molecular complexity index is 1830. The predicted molar refractivity (Wildman–Crippen MR) is 179 cm³/mol. The molecule has 27 heteroatoms. The molecular weight excluding hydrogens is 782 g/mol. The first-order chi connectivity index (χ1) is 26.4. The number of carbonyl (C=O) groups is 1. The van der Waals surface area contributed by atoms with Gasteiger partial charge in [-0.2, -0.15) is 8.88 Å². The van der Waals surface area contributed by atoms with Gasteiger partial charge in [0.05, 0.1) is 71.2 Å². The standard InChI is InChI=1S/C28H42N8O17P2/c29-23(41)16-2-1-3-35(8-16)26-19(11-39)20(12-40)28(51-26)52-55(44,45)53-54(42,43)49-13-21-17(9-37)18(10-38)27(50-21)36-15-33-22-24(31-14-32-25(22)36)34-48-7-5-46-4-6-47-30/h1-3,8,14-15,17-21,26-28,37-40H,4-7,9-13,30H2,(H4-,29,31,32,34,41,42,43,44,45)/p+1. The van der Waals surface area contributed by atoms with Crippen molar-refractivity contribution in [1.82, 2.24) is 19.5 Å². The minimum Gasteiger partial charge on any atom is -0.396 e. The average molecular weight is 826 g/mol. The number of nitrogens with one attached hydrogen (secondary N) is 1. The molecule has 2 saturated heterocycles. The number of phosphoric ester groups is 2. The van der Waals surface area contributed by atoms with E-state index in [1.54, 1.807) is 0 Å². The van der Waals surface area contributed by atoms with E-state index >= 15 is 0 Å². The zero-order chi connectivity index (χ0) is 39.8. The molecule has 0 saturated carbocycles. The van der Waals surface area contributed by atoms with Crippen LogP contribution in [0.5, 0.6) is 0 Å². The van der Waals surface area contributed by atoms with Crippen molar-refractivity contribution in [3.05, 3.63) is 42.7 Å². The van der Waals surface area contributed by atoms with Crippen LogP contribution in [0.2, 0.25) is 0 Å². The Hall–Kier alpha value is -3.17. The van der Waals surface area contributed by atoms with Gasteiger partial charge in [0.1, 0.15) is 18.1 Å². The van der Waals surface area contributed by atoms with Crippen LogP contribution in [-0.4, -0.2) is 127 Å². The van der Waals surface area contributed by atoms with E-state index in [2.05, 4.69) is 29.6 Å². The summed E-state index contributed by atoms with van der Waals surface area (Å²) in [6.45, 7) is -2.40. The number of rotatable bonds is 22. The van der Waals surface area contributed by atoms with Gasteiger partial charge < -0.3 is 50.3 Å². The van der Waals surface area contributed by atoms with Crippen LogP contribution < -0.4 is 21.7 Å². The zero-order valence-corrected chi connectivity index (χ0v) is 30.7. The third-order valence-corrected chi connectivity index (χ3v) is 11.4. The third-order valence-electron chi connectivity index (χ3n) is 8.81. The lowest BCUT2D eigenvalue weighted by Gasteiger charge is -2.23. The van der Waals surface area contributed by atoms with Gasteiger partial charge in [-0.1, -0.05) is 0 Å². The Morgan fingerprint density at radius 3 is 2.36 bits per heavy atom. The quantitative estimate of drug-likeness (QED) is 0.0221. The van der Waals surface area contributed by atoms with E-state index in [4.69, 9.17) is 39.7 Å². The minimum atomic E-state index is -5.53. The number of phosphoric acid groups is 2. The molecule has 11 N–H and O–H groups in total. The van der Waals surface area contributed by atoms with Crippen LogP contribution in [0.3, 0.4) is 0 Å². The van der Waals surface area contributed by atoms with Gasteiger partial charge in [0.15, 0.2) is 35.7 Å². The number of fused-ring (bicyclic) bond motifs is 1. The fourth-order valence-corrected chi connectivity index (χ4v) is 8.38. The first-order valence-electron chi connectivity index (χ1n) is 16.6. The number of nitrogens with zero attached hydrogens (tertiary/aromatic N) is 5. The molecule has 0 bridgehead atoms. The summed E-state index contributed by atoms with van der Waals surface area (Å²) in [5, 5.41) is 40.6. The lowest BCUT2D eigenvalue weighted by Crippen LogP contribution is -2.44. The second-order valence-corrected chi connectivity index (χ2v) is 15.1. The average Bonchev–Trinajstić information content (AvgIpc) is 3.85.